The molecule has 2 heteroatoms. The molecule has 0 unspecified atom stereocenters. The van der Waals surface area contributed by atoms with Gasteiger partial charge in [-0.1, -0.05) is 184 Å². The number of furan rings is 1. The molecule has 0 radical (unpaired) electrons. The fraction of sp³-hybridized carbons (Fsp3) is 0.0462. The van der Waals surface area contributed by atoms with Gasteiger partial charge >= 0.3 is 0 Å². The van der Waals surface area contributed by atoms with Gasteiger partial charge in [0.2, 0.25) is 0 Å². The Morgan fingerprint density at radius 2 is 0.866 bits per heavy atom. The summed E-state index contributed by atoms with van der Waals surface area (Å²) in [6.45, 7) is 4.73. The zero-order valence-corrected chi connectivity index (χ0v) is 37.4. The molecule has 0 bridgehead atoms. The van der Waals surface area contributed by atoms with Crippen LogP contribution in [0.1, 0.15) is 25.0 Å². The topological polar surface area (TPSA) is 16.4 Å². The molecule has 1 aliphatic rings. The Morgan fingerprint density at radius 1 is 0.328 bits per heavy atom. The Kier molecular flexibility index (Phi) is 8.91. The first-order valence-electron chi connectivity index (χ1n) is 23.2. The number of benzene rings is 11. The van der Waals surface area contributed by atoms with Crippen LogP contribution in [0, 0.1) is 0 Å². The maximum atomic E-state index is 6.46. The molecular formula is C65H45NO. The maximum Gasteiger partial charge on any atom is 0.136 e. The lowest BCUT2D eigenvalue weighted by Gasteiger charge is -2.28. The van der Waals surface area contributed by atoms with E-state index in [-0.39, 0.29) is 5.41 Å². The molecule has 0 fully saturated rings. The molecule has 0 saturated carbocycles. The molecule has 0 atom stereocenters. The molecule has 1 aliphatic carbocycles. The lowest BCUT2D eigenvalue weighted by Crippen LogP contribution is -2.16. The van der Waals surface area contributed by atoms with Crippen molar-refractivity contribution in [1.82, 2.24) is 0 Å². The highest BCUT2D eigenvalue weighted by atomic mass is 16.3. The molecule has 67 heavy (non-hydrogen) atoms. The second-order valence-corrected chi connectivity index (χ2v) is 18.5. The number of anilines is 3. The summed E-state index contributed by atoms with van der Waals surface area (Å²) in [6, 6.07) is 86.5. The third-order valence-electron chi connectivity index (χ3n) is 14.2. The van der Waals surface area contributed by atoms with Crippen molar-refractivity contribution in [2.75, 3.05) is 4.90 Å². The van der Waals surface area contributed by atoms with Crippen molar-refractivity contribution in [3.8, 4) is 55.6 Å². The summed E-state index contributed by atoms with van der Waals surface area (Å²) in [5, 5.41) is 7.11. The van der Waals surface area contributed by atoms with Crippen LogP contribution >= 0.6 is 0 Å². The number of hydrogen-bond donors (Lipinski definition) is 0. The molecular weight excluding hydrogens is 811 g/mol. The fourth-order valence-corrected chi connectivity index (χ4v) is 10.9. The number of rotatable bonds is 7. The molecule has 0 aliphatic heterocycles. The van der Waals surface area contributed by atoms with Crippen molar-refractivity contribution in [2.24, 2.45) is 0 Å². The van der Waals surface area contributed by atoms with Gasteiger partial charge in [-0.05, 0) is 149 Å². The van der Waals surface area contributed by atoms with E-state index in [1.54, 1.807) is 0 Å². The summed E-state index contributed by atoms with van der Waals surface area (Å²) < 4.78 is 6.46. The second-order valence-electron chi connectivity index (χ2n) is 18.5. The van der Waals surface area contributed by atoms with E-state index in [0.717, 1.165) is 50.1 Å². The van der Waals surface area contributed by atoms with Crippen molar-refractivity contribution >= 4 is 60.5 Å². The van der Waals surface area contributed by atoms with Crippen molar-refractivity contribution in [3.63, 3.8) is 0 Å². The highest BCUT2D eigenvalue weighted by Gasteiger charge is 2.37. The van der Waals surface area contributed by atoms with E-state index < -0.39 is 0 Å². The molecule has 2 nitrogen and oxygen atoms in total. The second kappa shape index (κ2) is 15.3. The smallest absolute Gasteiger partial charge is 0.136 e. The molecule has 12 aromatic rings. The predicted octanol–water partition coefficient (Wildman–Crippen LogP) is 18.3. The SMILES string of the molecule is CC1(C)c2ccccc2-c2cccc(-c3ccc(N(c4ccc(-c5cccc(-c6ccc7ccccc7c6)c5)cc4)c4ccccc4-c4ccc5oc6cc7ccccc7cc6c5c4)cc3)c21. The zero-order valence-electron chi connectivity index (χ0n) is 37.4. The Bertz CT molecular complexity index is 3890. The summed E-state index contributed by atoms with van der Waals surface area (Å²) >= 11 is 0. The van der Waals surface area contributed by atoms with Crippen LogP contribution in [0.15, 0.2) is 241 Å². The third-order valence-corrected chi connectivity index (χ3v) is 14.2. The van der Waals surface area contributed by atoms with Gasteiger partial charge in [-0.25, -0.2) is 0 Å². The number of para-hydroxylation sites is 1. The van der Waals surface area contributed by atoms with E-state index in [9.17, 15) is 0 Å². The lowest BCUT2D eigenvalue weighted by molar-refractivity contribution is 0.662. The van der Waals surface area contributed by atoms with Crippen LogP contribution in [0.25, 0.3) is 99.1 Å². The van der Waals surface area contributed by atoms with Crippen molar-refractivity contribution in [1.29, 1.82) is 0 Å². The highest BCUT2D eigenvalue weighted by molar-refractivity contribution is 6.11. The van der Waals surface area contributed by atoms with Gasteiger partial charge in [0.15, 0.2) is 0 Å². The average molecular weight is 856 g/mol. The molecule has 13 rings (SSSR count). The highest BCUT2D eigenvalue weighted by Crippen LogP contribution is 2.52. The first kappa shape index (κ1) is 39.0. The molecule has 0 amide bonds. The lowest BCUT2D eigenvalue weighted by atomic mass is 9.79. The Hall–Kier alpha value is -8.46. The summed E-state index contributed by atoms with van der Waals surface area (Å²) in [7, 11) is 0. The number of fused-ring (bicyclic) bond motifs is 8. The van der Waals surface area contributed by atoms with E-state index in [4.69, 9.17) is 4.42 Å². The quantitative estimate of drug-likeness (QED) is 0.159. The van der Waals surface area contributed by atoms with Crippen LogP contribution in [-0.2, 0) is 5.41 Å². The fourth-order valence-electron chi connectivity index (χ4n) is 10.9. The average Bonchev–Trinajstić information content (AvgIpc) is 3.86. The summed E-state index contributed by atoms with van der Waals surface area (Å²) in [5.41, 5.74) is 19.9. The molecule has 0 N–H and O–H groups in total. The molecule has 1 heterocycles. The van der Waals surface area contributed by atoms with Gasteiger partial charge in [-0.2, -0.15) is 0 Å². The van der Waals surface area contributed by atoms with E-state index in [2.05, 4.69) is 255 Å². The van der Waals surface area contributed by atoms with Crippen LogP contribution < -0.4 is 4.90 Å². The van der Waals surface area contributed by atoms with Crippen LogP contribution in [-0.4, -0.2) is 0 Å². The maximum absolute atomic E-state index is 6.46. The predicted molar refractivity (Wildman–Crippen MR) is 283 cm³/mol. The Morgan fingerprint density at radius 3 is 1.64 bits per heavy atom. The van der Waals surface area contributed by atoms with Gasteiger partial charge in [0.25, 0.3) is 0 Å². The normalized spacial score (nSPS) is 12.7. The molecule has 0 saturated heterocycles. The molecule has 1 aromatic heterocycles. The van der Waals surface area contributed by atoms with Gasteiger partial charge in [0.1, 0.15) is 11.2 Å². The summed E-state index contributed by atoms with van der Waals surface area (Å²) in [6.07, 6.45) is 0. The minimum absolute atomic E-state index is 0.114. The van der Waals surface area contributed by atoms with E-state index >= 15 is 0 Å². The first-order valence-corrected chi connectivity index (χ1v) is 23.2. The van der Waals surface area contributed by atoms with Gasteiger partial charge in [-0.3, -0.25) is 0 Å². The van der Waals surface area contributed by atoms with Gasteiger partial charge in [-0.15, -0.1) is 0 Å². The standard InChI is InChI=1S/C65H45NO/c1-65(2)60-23-9-7-20-56(60)57-22-12-21-55(64(57)65)44-29-34-53(35-30-44)66(52-32-27-43(28-33-52)46-17-11-18-47(37-46)50-26-25-42-13-3-4-14-45(42)38-50)61-24-10-8-19-54(61)51-31-36-62-58(40-51)59-39-48-15-5-6-16-49(48)41-63(59)67-62/h3-41H,1-2H3. The van der Waals surface area contributed by atoms with E-state index in [1.807, 2.05) is 0 Å². The molecule has 0 spiro atoms. The number of nitrogens with zero attached hydrogens (tertiary/aromatic N) is 1. The summed E-state index contributed by atoms with van der Waals surface area (Å²) in [5.74, 6) is 0. The first-order chi connectivity index (χ1) is 32.9. The van der Waals surface area contributed by atoms with Gasteiger partial charge in [0.05, 0.1) is 5.69 Å². The minimum atomic E-state index is -0.114. The Balaban J connectivity index is 0.925. The largest absolute Gasteiger partial charge is 0.456 e. The van der Waals surface area contributed by atoms with Gasteiger partial charge in [0, 0.05) is 33.1 Å². The van der Waals surface area contributed by atoms with E-state index in [1.165, 1.54) is 77.2 Å². The number of hydrogen-bond acceptors (Lipinski definition) is 2. The van der Waals surface area contributed by atoms with Crippen molar-refractivity contribution < 1.29 is 4.42 Å². The minimum Gasteiger partial charge on any atom is -0.456 e. The van der Waals surface area contributed by atoms with Crippen LogP contribution in [0.4, 0.5) is 17.1 Å². The van der Waals surface area contributed by atoms with Crippen LogP contribution in [0.3, 0.4) is 0 Å². The van der Waals surface area contributed by atoms with Crippen molar-refractivity contribution in [3.05, 3.63) is 248 Å². The van der Waals surface area contributed by atoms with E-state index in [0.29, 0.717) is 0 Å². The molecule has 316 valence electrons. The molecule has 11 aromatic carbocycles. The van der Waals surface area contributed by atoms with Gasteiger partial charge < -0.3 is 9.32 Å². The van der Waals surface area contributed by atoms with Crippen LogP contribution in [0.2, 0.25) is 0 Å². The van der Waals surface area contributed by atoms with Crippen molar-refractivity contribution in [2.45, 2.75) is 19.3 Å². The Labute approximate surface area is 390 Å². The van der Waals surface area contributed by atoms with Crippen LogP contribution in [0.5, 0.6) is 0 Å². The monoisotopic (exact) mass is 855 g/mol. The third kappa shape index (κ3) is 6.48. The summed E-state index contributed by atoms with van der Waals surface area (Å²) in [4.78, 5) is 2.41. The zero-order chi connectivity index (χ0) is 44.6.